The third-order valence-electron chi connectivity index (χ3n) is 6.48. The highest BCUT2D eigenvalue weighted by molar-refractivity contribution is 5.85. The highest BCUT2D eigenvalue weighted by Gasteiger charge is 2.30. The minimum atomic E-state index is -0.507. The fourth-order valence-corrected chi connectivity index (χ4v) is 4.40. The fourth-order valence-electron chi connectivity index (χ4n) is 4.40. The van der Waals surface area contributed by atoms with E-state index in [1.54, 1.807) is 0 Å². The second-order valence-corrected chi connectivity index (χ2v) is 10.2. The van der Waals surface area contributed by atoms with Crippen LogP contribution < -0.4 is 10.7 Å². The highest BCUT2D eigenvalue weighted by Crippen LogP contribution is 2.27. The number of carbonyl (C=O) groups excluding carboxylic acids is 1. The molecule has 1 aliphatic rings. The van der Waals surface area contributed by atoms with E-state index in [1.807, 2.05) is 36.4 Å². The Labute approximate surface area is 203 Å². The number of carbonyl (C=O) groups is 1. The van der Waals surface area contributed by atoms with Crippen LogP contribution in [0.3, 0.4) is 0 Å². The van der Waals surface area contributed by atoms with Gasteiger partial charge in [0.15, 0.2) is 0 Å². The molecule has 34 heavy (non-hydrogen) atoms. The van der Waals surface area contributed by atoms with Gasteiger partial charge in [-0.05, 0) is 41.3 Å². The number of hydrogen-bond acceptors (Lipinski definition) is 4. The smallest absolute Gasteiger partial charge is 0.261 e. The first-order valence-corrected chi connectivity index (χ1v) is 12.0. The lowest BCUT2D eigenvalue weighted by Gasteiger charge is -2.40. The minimum absolute atomic E-state index is 0.0576. The van der Waals surface area contributed by atoms with Crippen molar-refractivity contribution in [3.63, 3.8) is 0 Å². The Morgan fingerprint density at radius 2 is 1.50 bits per heavy atom. The minimum Gasteiger partial charge on any atom is -0.370 e. The lowest BCUT2D eigenvalue weighted by atomic mass is 9.86. The third kappa shape index (κ3) is 5.85. The van der Waals surface area contributed by atoms with Crippen molar-refractivity contribution in [3.8, 4) is 0 Å². The normalized spacial score (nSPS) is 18.3. The Hall–Kier alpha value is -3.15. The molecule has 1 fully saturated rings. The van der Waals surface area contributed by atoms with Crippen LogP contribution in [-0.2, 0) is 10.2 Å². The van der Waals surface area contributed by atoms with E-state index < -0.39 is 6.04 Å². The zero-order valence-corrected chi connectivity index (χ0v) is 20.7. The number of para-hydroxylation sites is 1. The van der Waals surface area contributed by atoms with Crippen LogP contribution >= 0.6 is 0 Å². The molecule has 178 valence electrons. The number of benzene rings is 3. The summed E-state index contributed by atoms with van der Waals surface area (Å²) in [7, 11) is 2.13. The van der Waals surface area contributed by atoms with Gasteiger partial charge in [-0.3, -0.25) is 10.2 Å². The molecule has 2 unspecified atom stereocenters. The van der Waals surface area contributed by atoms with Gasteiger partial charge >= 0.3 is 0 Å². The van der Waals surface area contributed by atoms with Crippen molar-refractivity contribution in [2.45, 2.75) is 38.3 Å². The Bertz CT molecular complexity index is 1060. The third-order valence-corrected chi connectivity index (χ3v) is 6.48. The van der Waals surface area contributed by atoms with Crippen LogP contribution in [0.5, 0.6) is 0 Å². The van der Waals surface area contributed by atoms with Crippen molar-refractivity contribution in [2.24, 2.45) is 0 Å². The number of likely N-dealkylation sites (N-methyl/N-ethyl adjacent to an activating group) is 1. The lowest BCUT2D eigenvalue weighted by molar-refractivity contribution is -0.129. The molecule has 0 bridgehead atoms. The van der Waals surface area contributed by atoms with E-state index >= 15 is 0 Å². The van der Waals surface area contributed by atoms with Gasteiger partial charge in [0, 0.05) is 25.3 Å². The van der Waals surface area contributed by atoms with Gasteiger partial charge in [0.2, 0.25) is 0 Å². The lowest BCUT2D eigenvalue weighted by Crippen LogP contribution is -2.55. The first kappa shape index (κ1) is 24.0. The summed E-state index contributed by atoms with van der Waals surface area (Å²) >= 11 is 0. The molecule has 0 saturated carbocycles. The zero-order chi connectivity index (χ0) is 24.1. The van der Waals surface area contributed by atoms with E-state index in [-0.39, 0.29) is 17.4 Å². The molecule has 3 aromatic carbocycles. The van der Waals surface area contributed by atoms with Crippen LogP contribution in [-0.4, -0.2) is 42.5 Å². The van der Waals surface area contributed by atoms with Crippen molar-refractivity contribution in [3.05, 3.63) is 102 Å². The SMILES string of the molecule is CN1CCN(NC(=O)C(Nc2ccccc2)c2ccc(C(C)(C)C)cc2)C(c2ccccc2)C1. The first-order chi connectivity index (χ1) is 16.3. The molecule has 3 aromatic rings. The number of nitrogens with one attached hydrogen (secondary N) is 2. The number of anilines is 1. The van der Waals surface area contributed by atoms with E-state index in [2.05, 4.69) is 97.0 Å². The average Bonchev–Trinajstić information content (AvgIpc) is 2.84. The summed E-state index contributed by atoms with van der Waals surface area (Å²) < 4.78 is 0. The second-order valence-electron chi connectivity index (χ2n) is 10.2. The van der Waals surface area contributed by atoms with Crippen molar-refractivity contribution < 1.29 is 4.79 Å². The van der Waals surface area contributed by atoms with Crippen LogP contribution in [0.2, 0.25) is 0 Å². The molecule has 1 aliphatic heterocycles. The molecule has 0 aromatic heterocycles. The summed E-state index contributed by atoms with van der Waals surface area (Å²) in [5.41, 5.74) is 7.63. The summed E-state index contributed by atoms with van der Waals surface area (Å²) in [5.74, 6) is -0.0576. The maximum absolute atomic E-state index is 13.7. The number of rotatable bonds is 6. The molecule has 0 aliphatic carbocycles. The van der Waals surface area contributed by atoms with Gasteiger partial charge in [-0.1, -0.05) is 93.6 Å². The molecule has 1 amide bonds. The number of nitrogens with zero attached hydrogens (tertiary/aromatic N) is 2. The van der Waals surface area contributed by atoms with Gasteiger partial charge in [-0.15, -0.1) is 0 Å². The Morgan fingerprint density at radius 3 is 2.12 bits per heavy atom. The molecule has 2 N–H and O–H groups in total. The standard InChI is InChI=1S/C29H36N4O/c1-29(2,3)24-17-15-23(16-18-24)27(30-25-13-9-6-10-14-25)28(34)31-33-20-19-32(4)21-26(33)22-11-7-5-8-12-22/h5-18,26-27,30H,19-21H2,1-4H3,(H,31,34). The summed E-state index contributed by atoms with van der Waals surface area (Å²) in [6.45, 7) is 9.13. The Balaban J connectivity index is 1.59. The van der Waals surface area contributed by atoms with Crippen LogP contribution in [0.1, 0.15) is 49.5 Å². The van der Waals surface area contributed by atoms with Gasteiger partial charge in [-0.25, -0.2) is 5.01 Å². The summed E-state index contributed by atoms with van der Waals surface area (Å²) in [6.07, 6.45) is 0. The molecule has 5 nitrogen and oxygen atoms in total. The molecule has 5 heteroatoms. The average molecular weight is 457 g/mol. The Kier molecular flexibility index (Phi) is 7.35. The van der Waals surface area contributed by atoms with Crippen LogP contribution in [0.25, 0.3) is 0 Å². The predicted molar refractivity (Wildman–Crippen MR) is 139 cm³/mol. The van der Waals surface area contributed by atoms with Crippen LogP contribution in [0, 0.1) is 0 Å². The summed E-state index contributed by atoms with van der Waals surface area (Å²) in [5, 5.41) is 5.56. The Morgan fingerprint density at radius 1 is 0.882 bits per heavy atom. The molecule has 4 rings (SSSR count). The molecular weight excluding hydrogens is 420 g/mol. The van der Waals surface area contributed by atoms with Gasteiger partial charge in [0.25, 0.3) is 5.91 Å². The second kappa shape index (κ2) is 10.4. The monoisotopic (exact) mass is 456 g/mol. The summed E-state index contributed by atoms with van der Waals surface area (Å²) in [6, 6.07) is 28.3. The highest BCUT2D eigenvalue weighted by atomic mass is 16.2. The van der Waals surface area contributed by atoms with E-state index in [1.165, 1.54) is 11.1 Å². The number of hydrazine groups is 1. The molecule has 2 atom stereocenters. The van der Waals surface area contributed by atoms with Gasteiger partial charge < -0.3 is 10.2 Å². The van der Waals surface area contributed by atoms with Gasteiger partial charge in [-0.2, -0.15) is 0 Å². The van der Waals surface area contributed by atoms with E-state index in [0.717, 1.165) is 30.9 Å². The number of piperazine rings is 1. The maximum atomic E-state index is 13.7. The van der Waals surface area contributed by atoms with Crippen molar-refractivity contribution in [2.75, 3.05) is 32.0 Å². The zero-order valence-electron chi connectivity index (χ0n) is 20.7. The fraction of sp³-hybridized carbons (Fsp3) is 0.345. The molecule has 1 heterocycles. The van der Waals surface area contributed by atoms with Gasteiger partial charge in [0.05, 0.1) is 6.04 Å². The quantitative estimate of drug-likeness (QED) is 0.538. The van der Waals surface area contributed by atoms with E-state index in [9.17, 15) is 4.79 Å². The topological polar surface area (TPSA) is 47.6 Å². The molecule has 1 saturated heterocycles. The van der Waals surface area contributed by atoms with Crippen LogP contribution in [0.15, 0.2) is 84.9 Å². The van der Waals surface area contributed by atoms with Crippen LogP contribution in [0.4, 0.5) is 5.69 Å². The van der Waals surface area contributed by atoms with Crippen molar-refractivity contribution in [1.29, 1.82) is 0 Å². The van der Waals surface area contributed by atoms with Gasteiger partial charge in [0.1, 0.15) is 6.04 Å². The molecule has 0 radical (unpaired) electrons. The van der Waals surface area contributed by atoms with E-state index in [0.29, 0.717) is 0 Å². The first-order valence-electron chi connectivity index (χ1n) is 12.0. The molecule has 0 spiro atoms. The van der Waals surface area contributed by atoms with E-state index in [4.69, 9.17) is 0 Å². The number of hydrogen-bond donors (Lipinski definition) is 2. The molecular formula is C29H36N4O. The van der Waals surface area contributed by atoms with Crippen molar-refractivity contribution >= 4 is 11.6 Å². The predicted octanol–water partition coefficient (Wildman–Crippen LogP) is 5.16. The maximum Gasteiger partial charge on any atom is 0.261 e. The summed E-state index contributed by atoms with van der Waals surface area (Å²) in [4.78, 5) is 16.0. The largest absolute Gasteiger partial charge is 0.370 e. The van der Waals surface area contributed by atoms with Crippen molar-refractivity contribution in [1.82, 2.24) is 15.3 Å². The number of amides is 1.